The molecule has 0 unspecified atom stereocenters. The van der Waals surface area contributed by atoms with Crippen LogP contribution >= 0.6 is 0 Å². The number of carbonyl (C=O) groups excluding carboxylic acids is 1. The number of hydrogen-bond donors (Lipinski definition) is 0. The van der Waals surface area contributed by atoms with E-state index in [4.69, 9.17) is 4.42 Å². The van der Waals surface area contributed by atoms with Crippen LogP contribution in [0, 0.1) is 10.1 Å². The molecule has 0 spiro atoms. The van der Waals surface area contributed by atoms with Gasteiger partial charge in [-0.3, -0.25) is 19.8 Å². The van der Waals surface area contributed by atoms with Gasteiger partial charge in [0.2, 0.25) is 5.89 Å². The molecule has 0 aliphatic carbocycles. The molecule has 0 N–H and O–H groups in total. The lowest BCUT2D eigenvalue weighted by Gasteiger charge is -2.38. The topological polar surface area (TPSA) is 92.7 Å². The third-order valence-corrected chi connectivity index (χ3v) is 6.04. The first-order chi connectivity index (χ1) is 16.0. The smallest absolute Gasteiger partial charge is 0.269 e. The van der Waals surface area contributed by atoms with Crippen LogP contribution in [0.25, 0.3) is 11.5 Å². The summed E-state index contributed by atoms with van der Waals surface area (Å²) in [6.45, 7) is 5.25. The summed E-state index contributed by atoms with van der Waals surface area (Å²) < 4.78 is 5.65. The summed E-state index contributed by atoms with van der Waals surface area (Å²) in [5.41, 5.74) is 2.32. The van der Waals surface area contributed by atoms with Gasteiger partial charge >= 0.3 is 0 Å². The van der Waals surface area contributed by atoms with Gasteiger partial charge in [-0.1, -0.05) is 25.1 Å². The van der Waals surface area contributed by atoms with Crippen molar-refractivity contribution >= 4 is 11.6 Å². The Kier molecular flexibility index (Phi) is 7.14. The van der Waals surface area contributed by atoms with Crippen LogP contribution in [-0.4, -0.2) is 51.3 Å². The van der Waals surface area contributed by atoms with Gasteiger partial charge in [0, 0.05) is 48.9 Å². The number of oxazole rings is 1. The van der Waals surface area contributed by atoms with E-state index in [2.05, 4.69) is 16.8 Å². The number of nitro benzene ring substituents is 1. The second kappa shape index (κ2) is 10.4. The van der Waals surface area contributed by atoms with Crippen molar-refractivity contribution in [3.05, 3.63) is 82.2 Å². The molecule has 1 amide bonds. The number of aromatic nitrogens is 1. The Morgan fingerprint density at radius 1 is 1.15 bits per heavy atom. The van der Waals surface area contributed by atoms with Gasteiger partial charge in [-0.2, -0.15) is 0 Å². The summed E-state index contributed by atoms with van der Waals surface area (Å²) >= 11 is 0. The molecular formula is C25H28N4O4. The SMILES string of the molecule is CCCN(Cc1coc(-c2ccc([N+](=O)[O-])cc2)n1)C1CCN(C(=O)c2ccccc2)CC1. The standard InChI is InChI=1S/C25H28N4O4/c1-2-14-28(22-12-15-27(16-13-22)25(30)20-6-4-3-5-7-20)17-21-18-33-24(26-21)19-8-10-23(11-9-19)29(31)32/h3-11,18,22H,2,12-17H2,1H3. The zero-order valence-electron chi connectivity index (χ0n) is 18.7. The van der Waals surface area contributed by atoms with Gasteiger partial charge in [-0.05, 0) is 50.1 Å². The number of amides is 1. The van der Waals surface area contributed by atoms with Crippen LogP contribution in [0.5, 0.6) is 0 Å². The highest BCUT2D eigenvalue weighted by atomic mass is 16.6. The normalized spacial score (nSPS) is 14.5. The number of likely N-dealkylation sites (tertiary alicyclic amines) is 1. The molecule has 33 heavy (non-hydrogen) atoms. The van der Waals surface area contributed by atoms with Gasteiger partial charge in [-0.15, -0.1) is 0 Å². The van der Waals surface area contributed by atoms with Crippen molar-refractivity contribution in [2.75, 3.05) is 19.6 Å². The molecule has 2 heterocycles. The molecule has 1 aliphatic rings. The highest BCUT2D eigenvalue weighted by molar-refractivity contribution is 5.94. The van der Waals surface area contributed by atoms with Crippen LogP contribution < -0.4 is 0 Å². The Hall–Kier alpha value is -3.52. The third kappa shape index (κ3) is 5.46. The maximum absolute atomic E-state index is 12.7. The van der Waals surface area contributed by atoms with E-state index in [0.29, 0.717) is 24.0 Å². The molecule has 1 saturated heterocycles. The van der Waals surface area contributed by atoms with Crippen molar-refractivity contribution in [3.8, 4) is 11.5 Å². The van der Waals surface area contributed by atoms with Crippen molar-refractivity contribution in [3.63, 3.8) is 0 Å². The van der Waals surface area contributed by atoms with E-state index in [1.165, 1.54) is 12.1 Å². The van der Waals surface area contributed by atoms with Crippen LogP contribution in [0.1, 0.15) is 42.2 Å². The number of hydrogen-bond acceptors (Lipinski definition) is 6. The van der Waals surface area contributed by atoms with Crippen LogP contribution in [0.2, 0.25) is 0 Å². The molecule has 1 fully saturated rings. The van der Waals surface area contributed by atoms with Gasteiger partial charge in [0.15, 0.2) is 0 Å². The molecule has 0 radical (unpaired) electrons. The van der Waals surface area contributed by atoms with Crippen molar-refractivity contribution in [2.24, 2.45) is 0 Å². The van der Waals surface area contributed by atoms with Gasteiger partial charge < -0.3 is 9.32 Å². The average molecular weight is 449 g/mol. The van der Waals surface area contributed by atoms with Crippen LogP contribution in [0.4, 0.5) is 5.69 Å². The third-order valence-electron chi connectivity index (χ3n) is 6.04. The van der Waals surface area contributed by atoms with E-state index >= 15 is 0 Å². The summed E-state index contributed by atoms with van der Waals surface area (Å²) in [6, 6.07) is 16.0. The Morgan fingerprint density at radius 2 is 1.85 bits per heavy atom. The van der Waals surface area contributed by atoms with E-state index in [9.17, 15) is 14.9 Å². The van der Waals surface area contributed by atoms with Crippen molar-refractivity contribution < 1.29 is 14.1 Å². The van der Waals surface area contributed by atoms with E-state index in [-0.39, 0.29) is 11.6 Å². The number of nitrogens with zero attached hydrogens (tertiary/aromatic N) is 4. The predicted octanol–water partition coefficient (Wildman–Crippen LogP) is 4.77. The van der Waals surface area contributed by atoms with E-state index in [1.807, 2.05) is 35.2 Å². The summed E-state index contributed by atoms with van der Waals surface area (Å²) in [7, 11) is 0. The zero-order chi connectivity index (χ0) is 23.2. The largest absolute Gasteiger partial charge is 0.444 e. The summed E-state index contributed by atoms with van der Waals surface area (Å²) in [5, 5.41) is 10.9. The Morgan fingerprint density at radius 3 is 2.48 bits per heavy atom. The number of piperidine rings is 1. The molecule has 0 bridgehead atoms. The predicted molar refractivity (Wildman–Crippen MR) is 125 cm³/mol. The highest BCUT2D eigenvalue weighted by Crippen LogP contribution is 2.24. The minimum absolute atomic E-state index is 0.0386. The molecule has 4 rings (SSSR count). The molecule has 1 aromatic heterocycles. The zero-order valence-corrected chi connectivity index (χ0v) is 18.7. The molecule has 8 nitrogen and oxygen atoms in total. The van der Waals surface area contributed by atoms with Gasteiger partial charge in [0.1, 0.15) is 6.26 Å². The summed E-state index contributed by atoms with van der Waals surface area (Å²) in [5.74, 6) is 0.556. The van der Waals surface area contributed by atoms with Crippen molar-refractivity contribution in [1.29, 1.82) is 0 Å². The van der Waals surface area contributed by atoms with Crippen LogP contribution in [-0.2, 0) is 6.54 Å². The quantitative estimate of drug-likeness (QED) is 0.364. The molecule has 8 heteroatoms. The molecule has 172 valence electrons. The Balaban J connectivity index is 1.37. The fraction of sp³-hybridized carbons (Fsp3) is 0.360. The average Bonchev–Trinajstić information content (AvgIpc) is 3.32. The maximum Gasteiger partial charge on any atom is 0.269 e. The minimum atomic E-state index is -0.424. The van der Waals surface area contributed by atoms with Crippen LogP contribution in [0.15, 0.2) is 65.3 Å². The first-order valence-electron chi connectivity index (χ1n) is 11.3. The molecule has 1 aliphatic heterocycles. The Bertz CT molecular complexity index is 1070. The number of nitro groups is 1. The fourth-order valence-corrected chi connectivity index (χ4v) is 4.32. The fourth-order valence-electron chi connectivity index (χ4n) is 4.32. The van der Waals surface area contributed by atoms with E-state index in [1.54, 1.807) is 18.4 Å². The number of rotatable bonds is 8. The monoisotopic (exact) mass is 448 g/mol. The van der Waals surface area contributed by atoms with E-state index in [0.717, 1.165) is 50.2 Å². The molecular weight excluding hydrogens is 420 g/mol. The highest BCUT2D eigenvalue weighted by Gasteiger charge is 2.27. The molecule has 2 aromatic carbocycles. The number of carbonyl (C=O) groups is 1. The first-order valence-corrected chi connectivity index (χ1v) is 11.3. The van der Waals surface area contributed by atoms with Crippen molar-refractivity contribution in [1.82, 2.24) is 14.8 Å². The maximum atomic E-state index is 12.7. The van der Waals surface area contributed by atoms with Crippen LogP contribution in [0.3, 0.4) is 0 Å². The lowest BCUT2D eigenvalue weighted by atomic mass is 10.0. The lowest BCUT2D eigenvalue weighted by molar-refractivity contribution is -0.384. The second-order valence-electron chi connectivity index (χ2n) is 8.31. The minimum Gasteiger partial charge on any atom is -0.444 e. The second-order valence-corrected chi connectivity index (χ2v) is 8.31. The van der Waals surface area contributed by atoms with E-state index < -0.39 is 4.92 Å². The lowest BCUT2D eigenvalue weighted by Crippen LogP contribution is -2.46. The molecule has 0 saturated carbocycles. The molecule has 3 aromatic rings. The molecule has 0 atom stereocenters. The first kappa shape index (κ1) is 22.7. The Labute approximate surface area is 193 Å². The van der Waals surface area contributed by atoms with Gasteiger partial charge in [0.05, 0.1) is 10.6 Å². The number of benzene rings is 2. The summed E-state index contributed by atoms with van der Waals surface area (Å²) in [4.78, 5) is 32.1. The number of non-ortho nitro benzene ring substituents is 1. The summed E-state index contributed by atoms with van der Waals surface area (Å²) in [6.07, 6.45) is 4.53. The van der Waals surface area contributed by atoms with Gasteiger partial charge in [-0.25, -0.2) is 4.98 Å². The van der Waals surface area contributed by atoms with Crippen molar-refractivity contribution in [2.45, 2.75) is 38.8 Å². The van der Waals surface area contributed by atoms with Gasteiger partial charge in [0.25, 0.3) is 11.6 Å².